The molecular weight excluding hydrogens is 467 g/mol. The molecule has 2 aromatic carbocycles. The van der Waals surface area contributed by atoms with Gasteiger partial charge in [0.15, 0.2) is 6.10 Å². The maximum atomic E-state index is 14.6. The molecule has 0 saturated carbocycles. The van der Waals surface area contributed by atoms with Crippen LogP contribution in [0.25, 0.3) is 0 Å². The summed E-state index contributed by atoms with van der Waals surface area (Å²) in [6.45, 7) is 4.28. The standard InChI is InChI=1S/C27H29FN2O2S2/c28-23-10-5-4-9-22(23)26(25-11-6-17-34-25)29-27(31)32-24-19-30(14-12-20(24)13-15-30)16-18-33-21-7-2-1-3-8-21/h1-11,17,20,24,26H,12-16,18-19H2/p+1/t20?,24-,26?,30?/m0/s1. The van der Waals surface area contributed by atoms with Crippen LogP contribution in [0.4, 0.5) is 9.18 Å². The van der Waals surface area contributed by atoms with E-state index in [2.05, 4.69) is 29.6 Å². The van der Waals surface area contributed by atoms with Crippen LogP contribution < -0.4 is 5.32 Å². The molecule has 4 heterocycles. The molecule has 3 aromatic rings. The van der Waals surface area contributed by atoms with Gasteiger partial charge in [0.2, 0.25) is 0 Å². The molecular formula is C27H30FN2O2S2+. The number of alkyl carbamates (subject to hydrolysis) is 1. The van der Waals surface area contributed by atoms with E-state index >= 15 is 0 Å². The number of hydrogen-bond donors (Lipinski definition) is 1. The van der Waals surface area contributed by atoms with Gasteiger partial charge in [-0.25, -0.2) is 9.18 Å². The number of carbonyl (C=O) groups is 1. The molecule has 1 N–H and O–H groups in total. The fraction of sp³-hybridized carbons (Fsp3) is 0.370. The number of piperidine rings is 3. The van der Waals surface area contributed by atoms with E-state index in [0.29, 0.717) is 11.5 Å². The molecule has 7 heteroatoms. The molecule has 3 aliphatic heterocycles. The number of quaternary nitrogens is 1. The number of ether oxygens (including phenoxy) is 1. The number of carbonyl (C=O) groups excluding carboxylic acids is 1. The van der Waals surface area contributed by atoms with Crippen molar-refractivity contribution in [2.24, 2.45) is 5.92 Å². The van der Waals surface area contributed by atoms with Crippen LogP contribution in [-0.2, 0) is 4.74 Å². The van der Waals surface area contributed by atoms with Gasteiger partial charge in [-0.2, -0.15) is 0 Å². The highest BCUT2D eigenvalue weighted by molar-refractivity contribution is 7.99. The quantitative estimate of drug-likeness (QED) is 0.302. The minimum atomic E-state index is -0.555. The Balaban J connectivity index is 1.22. The molecule has 3 fully saturated rings. The Morgan fingerprint density at radius 2 is 1.85 bits per heavy atom. The number of rotatable bonds is 8. The van der Waals surface area contributed by atoms with Crippen molar-refractivity contribution in [1.82, 2.24) is 5.32 Å². The van der Waals surface area contributed by atoms with Crippen LogP contribution in [0.1, 0.15) is 29.3 Å². The van der Waals surface area contributed by atoms with Gasteiger partial charge in [0.25, 0.3) is 0 Å². The lowest BCUT2D eigenvalue weighted by molar-refractivity contribution is -0.943. The van der Waals surface area contributed by atoms with Gasteiger partial charge in [0, 0.05) is 39.8 Å². The molecule has 1 unspecified atom stereocenters. The summed E-state index contributed by atoms with van der Waals surface area (Å²) in [6, 6.07) is 20.4. The van der Waals surface area contributed by atoms with E-state index in [1.807, 2.05) is 35.3 Å². The van der Waals surface area contributed by atoms with Crippen LogP contribution in [0.5, 0.6) is 0 Å². The summed E-state index contributed by atoms with van der Waals surface area (Å²) in [7, 11) is 0. The molecule has 34 heavy (non-hydrogen) atoms. The normalized spacial score (nSPS) is 24.5. The van der Waals surface area contributed by atoms with E-state index < -0.39 is 12.1 Å². The fourth-order valence-corrected chi connectivity index (χ4v) is 7.16. The van der Waals surface area contributed by atoms with E-state index in [1.54, 1.807) is 18.2 Å². The van der Waals surface area contributed by atoms with Crippen LogP contribution in [-0.4, -0.2) is 48.6 Å². The zero-order valence-corrected chi connectivity index (χ0v) is 20.7. The first-order valence-electron chi connectivity index (χ1n) is 11.9. The zero-order valence-electron chi connectivity index (χ0n) is 19.1. The first-order valence-corrected chi connectivity index (χ1v) is 13.8. The second-order valence-corrected chi connectivity index (χ2v) is 11.4. The number of hydrogen-bond acceptors (Lipinski definition) is 4. The summed E-state index contributed by atoms with van der Waals surface area (Å²) in [5.74, 6) is 1.15. The van der Waals surface area contributed by atoms with Crippen LogP contribution in [0.2, 0.25) is 0 Å². The Morgan fingerprint density at radius 1 is 1.09 bits per heavy atom. The van der Waals surface area contributed by atoms with Crippen molar-refractivity contribution in [3.63, 3.8) is 0 Å². The summed E-state index contributed by atoms with van der Waals surface area (Å²) in [5, 5.41) is 4.89. The van der Waals surface area contributed by atoms with Crippen molar-refractivity contribution < 1.29 is 18.4 Å². The molecule has 0 radical (unpaired) electrons. The highest BCUT2D eigenvalue weighted by atomic mass is 32.2. The Hall–Kier alpha value is -2.35. The minimum absolute atomic E-state index is 0.0890. The molecule has 6 rings (SSSR count). The molecule has 0 aliphatic carbocycles. The lowest BCUT2D eigenvalue weighted by atomic mass is 9.83. The van der Waals surface area contributed by atoms with Gasteiger partial charge in [0.1, 0.15) is 12.4 Å². The Morgan fingerprint density at radius 3 is 2.59 bits per heavy atom. The first-order chi connectivity index (χ1) is 16.6. The van der Waals surface area contributed by atoms with Gasteiger partial charge < -0.3 is 14.5 Å². The van der Waals surface area contributed by atoms with Gasteiger partial charge in [-0.1, -0.05) is 42.5 Å². The van der Waals surface area contributed by atoms with Crippen molar-refractivity contribution in [3.8, 4) is 0 Å². The third-order valence-electron chi connectivity index (χ3n) is 7.18. The van der Waals surface area contributed by atoms with Gasteiger partial charge in [-0.15, -0.1) is 23.1 Å². The van der Waals surface area contributed by atoms with Crippen LogP contribution in [0.3, 0.4) is 0 Å². The summed E-state index contributed by atoms with van der Waals surface area (Å²) < 4.78 is 21.6. The average molecular weight is 498 g/mol. The van der Waals surface area contributed by atoms with E-state index in [1.165, 1.54) is 22.3 Å². The van der Waals surface area contributed by atoms with Crippen LogP contribution >= 0.6 is 23.1 Å². The Labute approximate surface area is 208 Å². The van der Waals surface area contributed by atoms with Crippen LogP contribution in [0.15, 0.2) is 77.0 Å². The van der Waals surface area contributed by atoms with Crippen molar-refractivity contribution in [2.45, 2.75) is 29.9 Å². The number of amides is 1. The van der Waals surface area contributed by atoms with Gasteiger partial charge in [0.05, 0.1) is 25.7 Å². The van der Waals surface area contributed by atoms with Crippen molar-refractivity contribution in [2.75, 3.05) is 31.9 Å². The predicted molar refractivity (Wildman–Crippen MR) is 136 cm³/mol. The molecule has 1 aromatic heterocycles. The van der Waals surface area contributed by atoms with Crippen molar-refractivity contribution in [1.29, 1.82) is 0 Å². The number of halogens is 1. The van der Waals surface area contributed by atoms with Crippen molar-refractivity contribution in [3.05, 3.63) is 88.4 Å². The van der Waals surface area contributed by atoms with E-state index in [9.17, 15) is 9.18 Å². The first kappa shape index (κ1) is 23.4. The monoisotopic (exact) mass is 497 g/mol. The molecule has 0 spiro atoms. The van der Waals surface area contributed by atoms with Crippen LogP contribution in [0, 0.1) is 11.7 Å². The highest BCUT2D eigenvalue weighted by Gasteiger charge is 2.47. The summed E-state index contributed by atoms with van der Waals surface area (Å²) in [6.07, 6.45) is 1.64. The number of fused-ring (bicyclic) bond motifs is 3. The van der Waals surface area contributed by atoms with E-state index in [0.717, 1.165) is 54.1 Å². The largest absolute Gasteiger partial charge is 0.440 e. The van der Waals surface area contributed by atoms with Crippen molar-refractivity contribution >= 4 is 29.2 Å². The number of nitrogens with one attached hydrogen (secondary N) is 1. The van der Waals surface area contributed by atoms with E-state index in [-0.39, 0.29) is 11.9 Å². The fourth-order valence-electron chi connectivity index (χ4n) is 5.30. The summed E-state index contributed by atoms with van der Waals surface area (Å²) in [4.78, 5) is 15.2. The SMILES string of the molecule is O=C(NC(c1cccs1)c1ccccc1F)O[C@H]1C[N+]2(CCSc3ccccc3)CCC1CC2. The molecule has 2 atom stereocenters. The number of thioether (sulfide) groups is 1. The lowest BCUT2D eigenvalue weighted by Gasteiger charge is -2.52. The Kier molecular flexibility index (Phi) is 7.23. The molecule has 4 nitrogen and oxygen atoms in total. The molecule has 1 amide bonds. The smallest absolute Gasteiger partial charge is 0.408 e. The minimum Gasteiger partial charge on any atom is -0.440 e. The summed E-state index contributed by atoms with van der Waals surface area (Å²) in [5.41, 5.74) is 0.456. The summed E-state index contributed by atoms with van der Waals surface area (Å²) >= 11 is 3.40. The van der Waals surface area contributed by atoms with Gasteiger partial charge in [-0.3, -0.25) is 0 Å². The third-order valence-corrected chi connectivity index (χ3v) is 9.11. The second-order valence-electron chi connectivity index (χ2n) is 9.25. The highest BCUT2D eigenvalue weighted by Crippen LogP contribution is 2.36. The predicted octanol–water partition coefficient (Wildman–Crippen LogP) is 6.10. The van der Waals surface area contributed by atoms with Gasteiger partial charge >= 0.3 is 6.09 Å². The maximum Gasteiger partial charge on any atom is 0.408 e. The molecule has 178 valence electrons. The topological polar surface area (TPSA) is 38.3 Å². The van der Waals surface area contributed by atoms with E-state index in [4.69, 9.17) is 4.74 Å². The molecule has 2 bridgehead atoms. The number of thiophene rings is 1. The van der Waals surface area contributed by atoms with Gasteiger partial charge in [-0.05, 0) is 29.6 Å². The number of nitrogens with zero attached hydrogens (tertiary/aromatic N) is 1. The second kappa shape index (κ2) is 10.5. The lowest BCUT2D eigenvalue weighted by Crippen LogP contribution is -2.65. The number of benzene rings is 2. The molecule has 3 saturated heterocycles. The average Bonchev–Trinajstić information content (AvgIpc) is 3.39. The maximum absolute atomic E-state index is 14.6. The Bertz CT molecular complexity index is 1090. The zero-order chi connectivity index (χ0) is 23.4. The molecule has 3 aliphatic rings. The third kappa shape index (κ3) is 5.32.